The van der Waals surface area contributed by atoms with E-state index in [1.165, 1.54) is 0 Å². The van der Waals surface area contributed by atoms with Crippen LogP contribution in [0.5, 0.6) is 0 Å². The highest BCUT2D eigenvalue weighted by atomic mass is 32.2. The summed E-state index contributed by atoms with van der Waals surface area (Å²) in [6, 6.07) is 18.5. The Balaban J connectivity index is 2.03. The Morgan fingerprint density at radius 1 is 0.913 bits per heavy atom. The molecule has 1 aliphatic rings. The fourth-order valence-corrected chi connectivity index (χ4v) is 4.20. The van der Waals surface area contributed by atoms with Crippen LogP contribution in [0.1, 0.15) is 10.4 Å². The second kappa shape index (κ2) is 6.13. The molecule has 0 saturated carbocycles. The molecule has 116 valence electrons. The fourth-order valence-electron chi connectivity index (χ4n) is 3.29. The predicted molar refractivity (Wildman–Crippen MR) is 98.2 cm³/mol. The van der Waals surface area contributed by atoms with E-state index >= 15 is 0 Å². The van der Waals surface area contributed by atoms with Gasteiger partial charge < -0.3 is 4.90 Å². The number of para-hydroxylation sites is 2. The molecule has 1 aliphatic heterocycles. The molecule has 4 rings (SSSR count). The molecular formula is C19H18N2OS. The molecule has 0 bridgehead atoms. The molecule has 0 radical (unpaired) electrons. The van der Waals surface area contributed by atoms with Crippen molar-refractivity contribution in [2.24, 2.45) is 0 Å². The van der Waals surface area contributed by atoms with Crippen molar-refractivity contribution >= 4 is 34.8 Å². The molecule has 0 atom stereocenters. The summed E-state index contributed by atoms with van der Waals surface area (Å²) >= 11 is 1.98. The smallest absolute Gasteiger partial charge is 0.154 e. The Morgan fingerprint density at radius 3 is 2.35 bits per heavy atom. The first kappa shape index (κ1) is 14.4. The lowest BCUT2D eigenvalue weighted by molar-refractivity contribution is 0.112. The van der Waals surface area contributed by atoms with E-state index in [1.54, 1.807) is 0 Å². The largest absolute Gasteiger partial charge is 0.355 e. The Bertz CT molecular complexity index is 835. The second-order valence-electron chi connectivity index (χ2n) is 5.64. The van der Waals surface area contributed by atoms with Crippen molar-refractivity contribution in [1.82, 2.24) is 4.57 Å². The number of anilines is 1. The topological polar surface area (TPSA) is 25.2 Å². The third-order valence-corrected chi connectivity index (χ3v) is 5.27. The molecule has 0 spiro atoms. The highest BCUT2D eigenvalue weighted by molar-refractivity contribution is 7.99. The van der Waals surface area contributed by atoms with E-state index < -0.39 is 0 Å². The Labute approximate surface area is 139 Å². The number of benzene rings is 2. The van der Waals surface area contributed by atoms with Crippen LogP contribution in [0.3, 0.4) is 0 Å². The Hall–Kier alpha value is -2.20. The monoisotopic (exact) mass is 322 g/mol. The van der Waals surface area contributed by atoms with Gasteiger partial charge in [0.1, 0.15) is 5.82 Å². The van der Waals surface area contributed by atoms with Gasteiger partial charge in [-0.2, -0.15) is 11.8 Å². The zero-order chi connectivity index (χ0) is 15.6. The first-order chi connectivity index (χ1) is 11.4. The lowest BCUT2D eigenvalue weighted by Crippen LogP contribution is -2.34. The molecule has 0 amide bonds. The predicted octanol–water partition coefficient (Wildman–Crippen LogP) is 4.00. The van der Waals surface area contributed by atoms with Crippen LogP contribution >= 0.6 is 11.8 Å². The van der Waals surface area contributed by atoms with Gasteiger partial charge in [-0.25, -0.2) is 0 Å². The van der Waals surface area contributed by atoms with Gasteiger partial charge in [0.25, 0.3) is 0 Å². The highest BCUT2D eigenvalue weighted by Crippen LogP contribution is 2.35. The molecule has 3 nitrogen and oxygen atoms in total. The van der Waals surface area contributed by atoms with Crippen LogP contribution in [-0.4, -0.2) is 35.4 Å². The summed E-state index contributed by atoms with van der Waals surface area (Å²) in [5.41, 5.74) is 3.00. The Morgan fingerprint density at radius 2 is 1.61 bits per heavy atom. The SMILES string of the molecule is O=Cc1c(N2CCSCC2)n(-c2ccccc2)c2ccccc12. The van der Waals surface area contributed by atoms with Gasteiger partial charge in [-0.15, -0.1) is 0 Å². The second-order valence-corrected chi connectivity index (χ2v) is 6.87. The van der Waals surface area contributed by atoms with E-state index in [1.807, 2.05) is 48.2 Å². The molecule has 2 heterocycles. The summed E-state index contributed by atoms with van der Waals surface area (Å²) in [4.78, 5) is 14.2. The van der Waals surface area contributed by atoms with Crippen molar-refractivity contribution in [2.75, 3.05) is 29.5 Å². The normalized spacial score (nSPS) is 15.0. The number of rotatable bonds is 3. The van der Waals surface area contributed by atoms with Crippen molar-refractivity contribution in [3.8, 4) is 5.69 Å². The van der Waals surface area contributed by atoms with Crippen molar-refractivity contribution in [1.29, 1.82) is 0 Å². The molecule has 0 aliphatic carbocycles. The summed E-state index contributed by atoms with van der Waals surface area (Å²) in [6.07, 6.45) is 1.01. The minimum atomic E-state index is 0.802. The van der Waals surface area contributed by atoms with E-state index in [9.17, 15) is 4.79 Å². The van der Waals surface area contributed by atoms with Gasteiger partial charge in [0, 0.05) is 35.7 Å². The third-order valence-electron chi connectivity index (χ3n) is 4.33. The van der Waals surface area contributed by atoms with Crippen LogP contribution in [0, 0.1) is 0 Å². The van der Waals surface area contributed by atoms with E-state index in [-0.39, 0.29) is 0 Å². The molecule has 3 aromatic rings. The molecule has 1 aromatic heterocycles. The summed E-state index contributed by atoms with van der Waals surface area (Å²) in [5, 5.41) is 1.03. The number of hydrogen-bond acceptors (Lipinski definition) is 3. The third kappa shape index (κ3) is 2.43. The zero-order valence-corrected chi connectivity index (χ0v) is 13.6. The first-order valence-electron chi connectivity index (χ1n) is 7.87. The summed E-state index contributed by atoms with van der Waals surface area (Å²) in [7, 11) is 0. The van der Waals surface area contributed by atoms with Crippen LogP contribution in [0.2, 0.25) is 0 Å². The molecule has 1 fully saturated rings. The van der Waals surface area contributed by atoms with Crippen molar-refractivity contribution < 1.29 is 4.79 Å². The van der Waals surface area contributed by atoms with Crippen molar-refractivity contribution in [2.45, 2.75) is 0 Å². The number of hydrogen-bond donors (Lipinski definition) is 0. The van der Waals surface area contributed by atoms with Crippen LogP contribution in [-0.2, 0) is 0 Å². The standard InChI is InChI=1S/C19H18N2OS/c22-14-17-16-8-4-5-9-18(16)21(15-6-2-1-3-7-15)19(17)20-10-12-23-13-11-20/h1-9,14H,10-13H2. The van der Waals surface area contributed by atoms with Crippen LogP contribution in [0.4, 0.5) is 5.82 Å². The maximum atomic E-state index is 11.9. The van der Waals surface area contributed by atoms with Gasteiger partial charge in [0.2, 0.25) is 0 Å². The number of carbonyl (C=O) groups excluding carboxylic acids is 1. The molecular weight excluding hydrogens is 304 g/mol. The van der Waals surface area contributed by atoms with Crippen LogP contribution < -0.4 is 4.90 Å². The van der Waals surface area contributed by atoms with Gasteiger partial charge in [0.05, 0.1) is 11.1 Å². The number of aromatic nitrogens is 1. The summed E-state index contributed by atoms with van der Waals surface area (Å²) < 4.78 is 2.23. The molecule has 1 saturated heterocycles. The summed E-state index contributed by atoms with van der Waals surface area (Å²) in [6.45, 7) is 1.96. The van der Waals surface area contributed by atoms with Crippen molar-refractivity contribution in [3.63, 3.8) is 0 Å². The molecule has 23 heavy (non-hydrogen) atoms. The van der Waals surface area contributed by atoms with Gasteiger partial charge >= 0.3 is 0 Å². The fraction of sp³-hybridized carbons (Fsp3) is 0.211. The zero-order valence-electron chi connectivity index (χ0n) is 12.8. The van der Waals surface area contributed by atoms with Gasteiger partial charge in [-0.05, 0) is 18.2 Å². The van der Waals surface area contributed by atoms with E-state index in [2.05, 4.69) is 27.7 Å². The lowest BCUT2D eigenvalue weighted by Gasteiger charge is -2.30. The Kier molecular flexibility index (Phi) is 3.83. The number of aldehydes is 1. The number of thioether (sulfide) groups is 1. The quantitative estimate of drug-likeness (QED) is 0.682. The maximum absolute atomic E-state index is 11.9. The number of nitrogens with zero attached hydrogens (tertiary/aromatic N) is 2. The number of fused-ring (bicyclic) bond motifs is 1. The maximum Gasteiger partial charge on any atom is 0.154 e. The van der Waals surface area contributed by atoms with E-state index in [0.29, 0.717) is 0 Å². The van der Waals surface area contributed by atoms with Gasteiger partial charge in [-0.3, -0.25) is 9.36 Å². The summed E-state index contributed by atoms with van der Waals surface area (Å²) in [5.74, 6) is 3.25. The molecule has 0 N–H and O–H groups in total. The van der Waals surface area contributed by atoms with Gasteiger partial charge in [-0.1, -0.05) is 36.4 Å². The highest BCUT2D eigenvalue weighted by Gasteiger charge is 2.23. The minimum Gasteiger partial charge on any atom is -0.355 e. The molecule has 0 unspecified atom stereocenters. The molecule has 4 heteroatoms. The van der Waals surface area contributed by atoms with E-state index in [0.717, 1.165) is 58.9 Å². The van der Waals surface area contributed by atoms with Crippen LogP contribution in [0.25, 0.3) is 16.6 Å². The lowest BCUT2D eigenvalue weighted by atomic mass is 10.2. The average Bonchev–Trinajstić information content (AvgIpc) is 2.97. The molecule has 2 aromatic carbocycles. The minimum absolute atomic E-state index is 0.802. The van der Waals surface area contributed by atoms with Gasteiger partial charge in [0.15, 0.2) is 6.29 Å². The first-order valence-corrected chi connectivity index (χ1v) is 9.02. The van der Waals surface area contributed by atoms with Crippen LogP contribution in [0.15, 0.2) is 54.6 Å². The number of carbonyl (C=O) groups is 1. The van der Waals surface area contributed by atoms with E-state index in [4.69, 9.17) is 0 Å². The van der Waals surface area contributed by atoms with Crippen molar-refractivity contribution in [3.05, 3.63) is 60.2 Å². The average molecular weight is 322 g/mol.